The number of aliphatic carboxylic acids is 1. The zero-order valence-electron chi connectivity index (χ0n) is 22.4. The maximum atomic E-state index is 14.1. The van der Waals surface area contributed by atoms with E-state index < -0.39 is 23.7 Å². The number of nitrogens with zero attached hydrogens (tertiary/aromatic N) is 6. The summed E-state index contributed by atoms with van der Waals surface area (Å²) < 4.78 is 17.4. The predicted molar refractivity (Wildman–Crippen MR) is 148 cm³/mol. The Bertz CT molecular complexity index is 1490. The summed E-state index contributed by atoms with van der Waals surface area (Å²) in [5.74, 6) is -1.25. The average molecular weight is 533 g/mol. The van der Waals surface area contributed by atoms with Crippen LogP contribution in [0.2, 0.25) is 6.82 Å². The number of rotatable bonds is 8. The molecule has 39 heavy (non-hydrogen) atoms. The molecule has 0 saturated heterocycles. The number of fused-ring (bicyclic) bond motifs is 1. The second-order valence-electron chi connectivity index (χ2n) is 11.0. The maximum Gasteiger partial charge on any atom is 0.338 e. The van der Waals surface area contributed by atoms with Crippen molar-refractivity contribution in [1.82, 2.24) is 29.4 Å². The third kappa shape index (κ3) is 5.38. The summed E-state index contributed by atoms with van der Waals surface area (Å²) in [6.45, 7) is 5.86. The van der Waals surface area contributed by atoms with Gasteiger partial charge in [0.15, 0.2) is 19.1 Å². The van der Waals surface area contributed by atoms with E-state index in [2.05, 4.69) is 15.2 Å². The minimum absolute atomic E-state index is 0.0770. The van der Waals surface area contributed by atoms with Crippen LogP contribution in [-0.4, -0.2) is 64.6 Å². The summed E-state index contributed by atoms with van der Waals surface area (Å²) in [5, 5.41) is 27.9. The van der Waals surface area contributed by atoms with Gasteiger partial charge in [0, 0.05) is 46.6 Å². The van der Waals surface area contributed by atoms with Crippen LogP contribution in [0.3, 0.4) is 0 Å². The quantitative estimate of drug-likeness (QED) is 0.293. The number of alkyl halides is 1. The molecule has 204 valence electrons. The maximum absolute atomic E-state index is 14.1. The van der Waals surface area contributed by atoms with Crippen molar-refractivity contribution in [2.75, 3.05) is 5.73 Å². The molecule has 0 amide bonds. The van der Waals surface area contributed by atoms with Crippen LogP contribution in [0.25, 0.3) is 28.0 Å². The lowest BCUT2D eigenvalue weighted by atomic mass is 9.68. The zero-order valence-corrected chi connectivity index (χ0v) is 22.4. The van der Waals surface area contributed by atoms with Crippen molar-refractivity contribution in [3.63, 3.8) is 0 Å². The summed E-state index contributed by atoms with van der Waals surface area (Å²) in [5.41, 5.74) is 11.4. The van der Waals surface area contributed by atoms with Gasteiger partial charge in [-0.25, -0.2) is 14.2 Å². The molecule has 0 spiro atoms. The Kier molecular flexibility index (Phi) is 7.15. The lowest BCUT2D eigenvalue weighted by Crippen LogP contribution is -2.32. The molecule has 1 unspecified atom stereocenters. The van der Waals surface area contributed by atoms with Gasteiger partial charge in [0.1, 0.15) is 5.82 Å². The van der Waals surface area contributed by atoms with Crippen molar-refractivity contribution in [2.24, 2.45) is 5.92 Å². The number of anilines is 1. The van der Waals surface area contributed by atoms with Crippen molar-refractivity contribution in [3.8, 4) is 22.4 Å². The molecule has 1 aliphatic carbocycles. The Hall–Kier alpha value is -3.80. The molecular formula is C27H33BFN7O3. The van der Waals surface area contributed by atoms with Crippen molar-refractivity contribution in [2.45, 2.75) is 70.6 Å². The number of halogens is 1. The minimum Gasteiger partial charge on any atom is -0.479 e. The van der Waals surface area contributed by atoms with Crippen LogP contribution >= 0.6 is 0 Å². The number of aromatic nitrogens is 6. The van der Waals surface area contributed by atoms with Gasteiger partial charge in [-0.2, -0.15) is 14.7 Å². The lowest BCUT2D eigenvalue weighted by molar-refractivity contribution is -0.145. The number of carbonyl (C=O) groups is 1. The standard InChI is InChI=1S/C27H33BFN7O3/c1-27(2,39)14-35-13-18(11-32-35)20-9-8-17(10-31-20)19-12-33-36-24(30)21(28-3)23(34-25(19)36)16-6-4-15(5-7-16)22(29)26(37)38/h8-13,15-16,22,28,39H,4-7,14,30H2,1-3H3,(H,37,38). The van der Waals surface area contributed by atoms with E-state index in [1.54, 1.807) is 41.6 Å². The normalized spacial score (nSPS) is 18.8. The number of aliphatic hydroxyl groups is 1. The van der Waals surface area contributed by atoms with Crippen LogP contribution in [0.15, 0.2) is 36.9 Å². The molecule has 12 heteroatoms. The fourth-order valence-corrected chi connectivity index (χ4v) is 5.56. The molecule has 4 heterocycles. The Morgan fingerprint density at radius 3 is 2.54 bits per heavy atom. The third-order valence-corrected chi connectivity index (χ3v) is 7.53. The van der Waals surface area contributed by atoms with Gasteiger partial charge in [-0.1, -0.05) is 12.9 Å². The number of pyridine rings is 1. The molecule has 1 fully saturated rings. The summed E-state index contributed by atoms with van der Waals surface area (Å²) in [6, 6.07) is 3.86. The van der Waals surface area contributed by atoms with Crippen LogP contribution in [0.4, 0.5) is 10.2 Å². The fraction of sp³-hybridized carbons (Fsp3) is 0.444. The van der Waals surface area contributed by atoms with E-state index in [1.165, 1.54) is 0 Å². The smallest absolute Gasteiger partial charge is 0.338 e. The first kappa shape index (κ1) is 26.8. The number of carboxylic acid groups (broad SMARTS) is 1. The molecule has 1 saturated carbocycles. The van der Waals surface area contributed by atoms with Gasteiger partial charge in [-0.05, 0) is 51.1 Å². The Morgan fingerprint density at radius 1 is 1.18 bits per heavy atom. The summed E-state index contributed by atoms with van der Waals surface area (Å²) in [4.78, 5) is 20.8. The van der Waals surface area contributed by atoms with Crippen LogP contribution in [0, 0.1) is 5.92 Å². The van der Waals surface area contributed by atoms with Gasteiger partial charge in [-0.3, -0.25) is 9.67 Å². The number of nitrogens with two attached hydrogens (primary N) is 1. The summed E-state index contributed by atoms with van der Waals surface area (Å²) in [6.07, 6.45) is 7.57. The first-order valence-corrected chi connectivity index (χ1v) is 13.3. The molecule has 4 N–H and O–H groups in total. The van der Waals surface area contributed by atoms with Crippen LogP contribution in [0.5, 0.6) is 0 Å². The van der Waals surface area contributed by atoms with E-state index >= 15 is 0 Å². The number of carboxylic acids is 1. The number of hydrogen-bond acceptors (Lipinski definition) is 7. The molecule has 0 bridgehead atoms. The number of nitrogen functional groups attached to an aromatic ring is 1. The van der Waals surface area contributed by atoms with Crippen LogP contribution in [0.1, 0.15) is 51.1 Å². The second kappa shape index (κ2) is 10.4. The van der Waals surface area contributed by atoms with Crippen molar-refractivity contribution < 1.29 is 19.4 Å². The molecule has 0 aromatic carbocycles. The van der Waals surface area contributed by atoms with Gasteiger partial charge in [0.05, 0.1) is 30.2 Å². The predicted octanol–water partition coefficient (Wildman–Crippen LogP) is 2.81. The van der Waals surface area contributed by atoms with Gasteiger partial charge in [0.2, 0.25) is 0 Å². The van der Waals surface area contributed by atoms with Crippen molar-refractivity contribution in [1.29, 1.82) is 0 Å². The van der Waals surface area contributed by atoms with E-state index in [0.717, 1.165) is 33.5 Å². The van der Waals surface area contributed by atoms with E-state index in [9.17, 15) is 14.3 Å². The van der Waals surface area contributed by atoms with E-state index in [0.29, 0.717) is 51.0 Å². The van der Waals surface area contributed by atoms with Crippen molar-refractivity contribution in [3.05, 3.63) is 42.6 Å². The first-order valence-electron chi connectivity index (χ1n) is 13.3. The second-order valence-corrected chi connectivity index (χ2v) is 11.0. The van der Waals surface area contributed by atoms with E-state index in [1.807, 2.05) is 25.2 Å². The monoisotopic (exact) mass is 533 g/mol. The molecule has 4 aromatic rings. The largest absolute Gasteiger partial charge is 0.479 e. The molecule has 1 aliphatic rings. The Labute approximate surface area is 226 Å². The fourth-order valence-electron chi connectivity index (χ4n) is 5.56. The molecule has 4 aromatic heterocycles. The molecule has 10 nitrogen and oxygen atoms in total. The average Bonchev–Trinajstić information content (AvgIpc) is 3.54. The van der Waals surface area contributed by atoms with Crippen LogP contribution < -0.4 is 11.2 Å². The topological polar surface area (TPSA) is 144 Å². The van der Waals surface area contributed by atoms with Gasteiger partial charge in [-0.15, -0.1) is 0 Å². The molecule has 1 atom stereocenters. The van der Waals surface area contributed by atoms with Gasteiger partial charge < -0.3 is 15.9 Å². The summed E-state index contributed by atoms with van der Waals surface area (Å²) >= 11 is 0. The zero-order chi connectivity index (χ0) is 27.9. The van der Waals surface area contributed by atoms with Gasteiger partial charge in [0.25, 0.3) is 0 Å². The highest BCUT2D eigenvalue weighted by molar-refractivity contribution is 6.54. The Morgan fingerprint density at radius 2 is 1.92 bits per heavy atom. The highest BCUT2D eigenvalue weighted by Crippen LogP contribution is 2.38. The molecule has 5 rings (SSSR count). The third-order valence-electron chi connectivity index (χ3n) is 7.53. The highest BCUT2D eigenvalue weighted by Gasteiger charge is 2.34. The molecular weight excluding hydrogens is 500 g/mol. The van der Waals surface area contributed by atoms with Crippen molar-refractivity contribution >= 4 is 30.2 Å². The lowest BCUT2D eigenvalue weighted by Gasteiger charge is -2.30. The van der Waals surface area contributed by atoms with E-state index in [-0.39, 0.29) is 5.92 Å². The number of hydrogen-bond donors (Lipinski definition) is 3. The first-order chi connectivity index (χ1) is 18.6. The van der Waals surface area contributed by atoms with Gasteiger partial charge >= 0.3 is 5.97 Å². The Balaban J connectivity index is 1.43. The molecule has 0 radical (unpaired) electrons. The SMILES string of the molecule is CBc1c(C2CCC(C(F)C(=O)O)CC2)nc2c(-c3ccc(-c4cnn(CC(C)(C)O)c4)nc3)cnn2c1N. The van der Waals surface area contributed by atoms with Crippen LogP contribution in [-0.2, 0) is 11.3 Å². The minimum atomic E-state index is -1.83. The highest BCUT2D eigenvalue weighted by atomic mass is 19.1. The summed E-state index contributed by atoms with van der Waals surface area (Å²) in [7, 11) is 0.678. The van der Waals surface area contributed by atoms with E-state index in [4.69, 9.17) is 15.8 Å². The molecule has 0 aliphatic heterocycles.